The van der Waals surface area contributed by atoms with Crippen molar-refractivity contribution < 1.29 is 22.7 Å². The molecule has 2 aromatic carbocycles. The van der Waals surface area contributed by atoms with E-state index in [0.29, 0.717) is 28.8 Å². The highest BCUT2D eigenvalue weighted by molar-refractivity contribution is 8.15. The van der Waals surface area contributed by atoms with Crippen molar-refractivity contribution in [1.82, 2.24) is 4.90 Å². The van der Waals surface area contributed by atoms with Crippen LogP contribution in [0.1, 0.15) is 15.9 Å². The summed E-state index contributed by atoms with van der Waals surface area (Å²) in [6.45, 7) is 0.651. The van der Waals surface area contributed by atoms with Gasteiger partial charge in [0.25, 0.3) is 5.91 Å². The van der Waals surface area contributed by atoms with Gasteiger partial charge < -0.3 is 14.4 Å². The fraction of sp³-hybridized carbons (Fsp3) is 0.300. The van der Waals surface area contributed by atoms with E-state index < -0.39 is 9.84 Å². The first-order chi connectivity index (χ1) is 14.0. The number of benzene rings is 2. The number of carbonyl (C=O) groups excluding carboxylic acids is 1. The standard InChI is InChI=1S/C20H18N2O5S2/c23-19(14-6-7-16-17(8-14)27-12-26-16)21-20-22(9-13-4-2-1-3-5-13)15-10-29(24,25)11-18(15)28-20/h1-8,15,18H,9-12H2/t15-,18+/m1/s1. The minimum atomic E-state index is -3.07. The molecule has 0 radical (unpaired) electrons. The number of amides is 1. The summed E-state index contributed by atoms with van der Waals surface area (Å²) in [5, 5.41) is 0.466. The van der Waals surface area contributed by atoms with E-state index in [9.17, 15) is 13.2 Å². The molecule has 9 heteroatoms. The van der Waals surface area contributed by atoms with E-state index in [1.165, 1.54) is 11.8 Å². The zero-order chi connectivity index (χ0) is 20.0. The van der Waals surface area contributed by atoms with Crippen LogP contribution >= 0.6 is 11.8 Å². The summed E-state index contributed by atoms with van der Waals surface area (Å²) < 4.78 is 34.9. The quantitative estimate of drug-likeness (QED) is 0.739. The molecule has 0 aliphatic carbocycles. The summed E-state index contributed by atoms with van der Waals surface area (Å²) in [5.41, 5.74) is 1.45. The van der Waals surface area contributed by atoms with Gasteiger partial charge in [-0.15, -0.1) is 0 Å². The molecule has 7 nitrogen and oxygen atoms in total. The molecule has 2 aromatic rings. The molecule has 0 spiro atoms. The minimum absolute atomic E-state index is 0.0920. The van der Waals surface area contributed by atoms with Gasteiger partial charge in [0.05, 0.1) is 17.5 Å². The monoisotopic (exact) mass is 430 g/mol. The molecular weight excluding hydrogens is 412 g/mol. The van der Waals surface area contributed by atoms with Crippen LogP contribution in [0.25, 0.3) is 0 Å². The molecule has 0 saturated carbocycles. The molecule has 5 rings (SSSR count). The summed E-state index contributed by atoms with van der Waals surface area (Å²) >= 11 is 1.38. The molecule has 1 amide bonds. The van der Waals surface area contributed by atoms with Crippen LogP contribution in [0.4, 0.5) is 0 Å². The third-order valence-corrected chi connectivity index (χ3v) is 8.43. The summed E-state index contributed by atoms with van der Waals surface area (Å²) in [5.74, 6) is 0.959. The van der Waals surface area contributed by atoms with E-state index in [1.807, 2.05) is 35.2 Å². The Bertz CT molecular complexity index is 1100. The minimum Gasteiger partial charge on any atom is -0.454 e. The maximum absolute atomic E-state index is 12.8. The van der Waals surface area contributed by atoms with Crippen molar-refractivity contribution in [2.75, 3.05) is 18.3 Å². The predicted molar refractivity (Wildman–Crippen MR) is 110 cm³/mol. The van der Waals surface area contributed by atoms with Gasteiger partial charge in [-0.1, -0.05) is 42.1 Å². The normalized spacial score (nSPS) is 25.4. The van der Waals surface area contributed by atoms with Crippen molar-refractivity contribution in [1.29, 1.82) is 0 Å². The second kappa shape index (κ2) is 7.07. The van der Waals surface area contributed by atoms with Crippen molar-refractivity contribution in [2.24, 2.45) is 4.99 Å². The Hall–Kier alpha value is -2.52. The van der Waals surface area contributed by atoms with Gasteiger partial charge >= 0.3 is 0 Å². The molecular formula is C20H18N2O5S2. The highest BCUT2D eigenvalue weighted by Crippen LogP contribution is 2.39. The molecule has 2 fully saturated rings. The lowest BCUT2D eigenvalue weighted by molar-refractivity contribution is 0.100. The molecule has 3 aliphatic rings. The number of sulfone groups is 1. The Kier molecular flexibility index (Phi) is 4.51. The number of fused-ring (bicyclic) bond motifs is 2. The average Bonchev–Trinajstić information content (AvgIpc) is 3.36. The molecule has 150 valence electrons. The first-order valence-corrected chi connectivity index (χ1v) is 11.9. The summed E-state index contributed by atoms with van der Waals surface area (Å²) in [7, 11) is -3.07. The average molecular weight is 431 g/mol. The summed E-state index contributed by atoms with van der Waals surface area (Å²) in [4.78, 5) is 19.1. The molecule has 2 saturated heterocycles. The Morgan fingerprint density at radius 3 is 2.72 bits per heavy atom. The van der Waals surface area contributed by atoms with Crippen molar-refractivity contribution in [3.8, 4) is 11.5 Å². The number of amidine groups is 1. The number of thioether (sulfide) groups is 1. The number of rotatable bonds is 3. The van der Waals surface area contributed by atoms with Crippen molar-refractivity contribution in [2.45, 2.75) is 17.8 Å². The highest BCUT2D eigenvalue weighted by Gasteiger charge is 2.48. The molecule has 3 aliphatic heterocycles. The van der Waals surface area contributed by atoms with Gasteiger partial charge in [-0.25, -0.2) is 8.42 Å². The second-order valence-electron chi connectivity index (χ2n) is 7.18. The maximum atomic E-state index is 12.8. The van der Waals surface area contributed by atoms with Crippen LogP contribution in [-0.4, -0.2) is 54.0 Å². The largest absolute Gasteiger partial charge is 0.454 e. The molecule has 2 atom stereocenters. The maximum Gasteiger partial charge on any atom is 0.279 e. The zero-order valence-corrected chi connectivity index (χ0v) is 17.0. The molecule has 29 heavy (non-hydrogen) atoms. The SMILES string of the molecule is O=C(N=C1S[C@H]2CS(=O)(=O)C[C@H]2N1Cc1ccccc1)c1ccc2c(c1)OCO2. The Morgan fingerprint density at radius 1 is 1.10 bits per heavy atom. The van der Waals surface area contributed by atoms with E-state index in [-0.39, 0.29) is 35.5 Å². The Balaban J connectivity index is 1.45. The molecule has 3 heterocycles. The highest BCUT2D eigenvalue weighted by atomic mass is 32.2. The smallest absolute Gasteiger partial charge is 0.279 e. The fourth-order valence-electron chi connectivity index (χ4n) is 3.78. The van der Waals surface area contributed by atoms with Crippen molar-refractivity contribution >= 4 is 32.7 Å². The van der Waals surface area contributed by atoms with Gasteiger partial charge in [0.2, 0.25) is 6.79 Å². The third kappa shape index (κ3) is 3.60. The van der Waals surface area contributed by atoms with Crippen LogP contribution in [0.15, 0.2) is 53.5 Å². The predicted octanol–water partition coefficient (Wildman–Crippen LogP) is 2.33. The van der Waals surface area contributed by atoms with Crippen LogP contribution in [-0.2, 0) is 16.4 Å². The fourth-order valence-corrected chi connectivity index (χ4v) is 7.73. The number of carbonyl (C=O) groups is 1. The van der Waals surface area contributed by atoms with E-state index >= 15 is 0 Å². The number of nitrogens with zero attached hydrogens (tertiary/aromatic N) is 2. The first-order valence-electron chi connectivity index (χ1n) is 9.19. The number of hydrogen-bond acceptors (Lipinski definition) is 6. The number of aliphatic imine (C=N–C) groups is 1. The van der Waals surface area contributed by atoms with Crippen LogP contribution in [0, 0.1) is 0 Å². The van der Waals surface area contributed by atoms with Gasteiger partial charge in [0.1, 0.15) is 0 Å². The zero-order valence-electron chi connectivity index (χ0n) is 15.4. The van der Waals surface area contributed by atoms with Crippen molar-refractivity contribution in [3.05, 3.63) is 59.7 Å². The third-order valence-electron chi connectivity index (χ3n) is 5.19. The topological polar surface area (TPSA) is 85.3 Å². The summed E-state index contributed by atoms with van der Waals surface area (Å²) in [6, 6.07) is 14.6. The van der Waals surface area contributed by atoms with E-state index in [0.717, 1.165) is 5.56 Å². The Morgan fingerprint density at radius 2 is 1.90 bits per heavy atom. The lowest BCUT2D eigenvalue weighted by Crippen LogP contribution is -2.37. The van der Waals surface area contributed by atoms with Gasteiger partial charge in [0, 0.05) is 17.4 Å². The molecule has 0 aromatic heterocycles. The van der Waals surface area contributed by atoms with Crippen LogP contribution in [0.3, 0.4) is 0 Å². The molecule has 0 unspecified atom stereocenters. The first kappa shape index (κ1) is 18.5. The lowest BCUT2D eigenvalue weighted by Gasteiger charge is -2.24. The van der Waals surface area contributed by atoms with Gasteiger partial charge in [0.15, 0.2) is 26.5 Å². The van der Waals surface area contributed by atoms with Gasteiger partial charge in [-0.2, -0.15) is 4.99 Å². The molecule has 0 N–H and O–H groups in total. The number of ether oxygens (including phenoxy) is 2. The van der Waals surface area contributed by atoms with Crippen LogP contribution < -0.4 is 9.47 Å². The van der Waals surface area contributed by atoms with E-state index in [1.54, 1.807) is 18.2 Å². The Labute approximate surface area is 172 Å². The van der Waals surface area contributed by atoms with E-state index in [2.05, 4.69) is 4.99 Å². The van der Waals surface area contributed by atoms with Gasteiger partial charge in [-0.3, -0.25) is 4.79 Å². The lowest BCUT2D eigenvalue weighted by atomic mass is 10.1. The van der Waals surface area contributed by atoms with Gasteiger partial charge in [-0.05, 0) is 23.8 Å². The van der Waals surface area contributed by atoms with Crippen molar-refractivity contribution in [3.63, 3.8) is 0 Å². The van der Waals surface area contributed by atoms with E-state index in [4.69, 9.17) is 9.47 Å². The second-order valence-corrected chi connectivity index (χ2v) is 10.5. The number of hydrogen-bond donors (Lipinski definition) is 0. The molecule has 0 bridgehead atoms. The van der Waals surface area contributed by atoms with Crippen LogP contribution in [0.2, 0.25) is 0 Å². The summed E-state index contributed by atoms with van der Waals surface area (Å²) in [6.07, 6.45) is 0. The van der Waals surface area contributed by atoms with Crippen LogP contribution in [0.5, 0.6) is 11.5 Å².